The number of thioether (sulfide) groups is 1. The van der Waals surface area contributed by atoms with Gasteiger partial charge in [0.1, 0.15) is 0 Å². The second-order valence-corrected chi connectivity index (χ2v) is 11.5. The average molecular weight is 490 g/mol. The Morgan fingerprint density at radius 2 is 1.47 bits per heavy atom. The smallest absolute Gasteiger partial charge is 0.0887 e. The van der Waals surface area contributed by atoms with E-state index in [2.05, 4.69) is 131 Å². The SMILES string of the molecule is c1ccc(CN2CC[C@@]34c5ccccc5N[C@@H]3NC([C@H](Sc3ccccc3)c3ccccc3)[C@@H]24)cc1. The Bertz CT molecular complexity index is 1330. The second kappa shape index (κ2) is 9.11. The van der Waals surface area contributed by atoms with Crippen LogP contribution in [0.5, 0.6) is 0 Å². The zero-order valence-corrected chi connectivity index (χ0v) is 21.1. The Morgan fingerprint density at radius 1 is 0.806 bits per heavy atom. The number of likely N-dealkylation sites (tertiary alicyclic amines) is 1. The van der Waals surface area contributed by atoms with E-state index in [0.717, 1.165) is 13.1 Å². The van der Waals surface area contributed by atoms with Crippen molar-refractivity contribution in [3.63, 3.8) is 0 Å². The summed E-state index contributed by atoms with van der Waals surface area (Å²) in [6.07, 6.45) is 1.41. The van der Waals surface area contributed by atoms with Gasteiger partial charge in [0.15, 0.2) is 0 Å². The molecule has 0 bridgehead atoms. The van der Waals surface area contributed by atoms with Gasteiger partial charge in [-0.05, 0) is 47.9 Å². The summed E-state index contributed by atoms with van der Waals surface area (Å²) in [6.45, 7) is 2.10. The predicted octanol–water partition coefficient (Wildman–Crippen LogP) is 6.46. The molecule has 180 valence electrons. The minimum atomic E-state index is 0.0698. The molecule has 2 saturated heterocycles. The molecule has 5 atom stereocenters. The van der Waals surface area contributed by atoms with Gasteiger partial charge >= 0.3 is 0 Å². The van der Waals surface area contributed by atoms with Gasteiger partial charge in [-0.25, -0.2) is 0 Å². The highest BCUT2D eigenvalue weighted by molar-refractivity contribution is 7.99. The summed E-state index contributed by atoms with van der Waals surface area (Å²) in [4.78, 5) is 4.08. The Morgan fingerprint density at radius 3 is 2.25 bits per heavy atom. The number of para-hydroxylation sites is 1. The van der Waals surface area contributed by atoms with Crippen molar-refractivity contribution in [1.82, 2.24) is 10.2 Å². The molecule has 1 spiro atoms. The molecule has 4 aromatic rings. The molecule has 3 nitrogen and oxygen atoms in total. The van der Waals surface area contributed by atoms with Crippen LogP contribution in [0.1, 0.15) is 28.4 Å². The fraction of sp³-hybridized carbons (Fsp3) is 0.250. The van der Waals surface area contributed by atoms with E-state index < -0.39 is 0 Å². The van der Waals surface area contributed by atoms with E-state index in [4.69, 9.17) is 0 Å². The van der Waals surface area contributed by atoms with Gasteiger partial charge in [0.25, 0.3) is 0 Å². The lowest BCUT2D eigenvalue weighted by Crippen LogP contribution is -2.48. The first-order chi connectivity index (χ1) is 17.8. The van der Waals surface area contributed by atoms with Gasteiger partial charge in [-0.2, -0.15) is 0 Å². The van der Waals surface area contributed by atoms with Crippen LogP contribution in [-0.2, 0) is 12.0 Å². The maximum absolute atomic E-state index is 4.15. The van der Waals surface area contributed by atoms with Crippen LogP contribution in [0.3, 0.4) is 0 Å². The van der Waals surface area contributed by atoms with Crippen molar-refractivity contribution in [1.29, 1.82) is 0 Å². The van der Waals surface area contributed by atoms with Crippen LogP contribution in [0, 0.1) is 0 Å². The van der Waals surface area contributed by atoms with Crippen molar-refractivity contribution in [3.8, 4) is 0 Å². The summed E-state index contributed by atoms with van der Waals surface area (Å²) >= 11 is 2.00. The number of rotatable bonds is 6. The number of fused-ring (bicyclic) bond motifs is 1. The van der Waals surface area contributed by atoms with Crippen LogP contribution in [-0.4, -0.2) is 29.7 Å². The van der Waals surface area contributed by atoms with E-state index >= 15 is 0 Å². The van der Waals surface area contributed by atoms with Gasteiger partial charge in [0.05, 0.1) is 11.4 Å². The quantitative estimate of drug-likeness (QED) is 0.304. The summed E-state index contributed by atoms with van der Waals surface area (Å²) in [5.41, 5.74) is 5.64. The van der Waals surface area contributed by atoms with E-state index in [-0.39, 0.29) is 11.6 Å². The molecule has 36 heavy (non-hydrogen) atoms. The third kappa shape index (κ3) is 3.59. The number of hydrogen-bond acceptors (Lipinski definition) is 4. The number of hydrogen-bond donors (Lipinski definition) is 2. The van der Waals surface area contributed by atoms with E-state index in [1.54, 1.807) is 0 Å². The van der Waals surface area contributed by atoms with Crippen molar-refractivity contribution < 1.29 is 0 Å². The zero-order valence-electron chi connectivity index (χ0n) is 20.3. The van der Waals surface area contributed by atoms with Crippen LogP contribution < -0.4 is 10.6 Å². The maximum Gasteiger partial charge on any atom is 0.0887 e. The Hall–Kier alpha value is -3.05. The maximum atomic E-state index is 4.15. The summed E-state index contributed by atoms with van der Waals surface area (Å²) in [6, 6.07) is 42.7. The molecule has 1 unspecified atom stereocenters. The molecule has 4 aromatic carbocycles. The molecule has 3 heterocycles. The largest absolute Gasteiger partial charge is 0.369 e. The molecule has 0 aromatic heterocycles. The topological polar surface area (TPSA) is 27.3 Å². The Balaban J connectivity index is 1.33. The van der Waals surface area contributed by atoms with Gasteiger partial charge in [-0.15, -0.1) is 11.8 Å². The lowest BCUT2D eigenvalue weighted by atomic mass is 9.73. The Labute approximate surface area is 217 Å². The van der Waals surface area contributed by atoms with Gasteiger partial charge in [0.2, 0.25) is 0 Å². The normalized spacial score (nSPS) is 27.2. The van der Waals surface area contributed by atoms with Crippen LogP contribution in [0.25, 0.3) is 0 Å². The third-order valence-electron chi connectivity index (χ3n) is 8.37. The van der Waals surface area contributed by atoms with Gasteiger partial charge in [0, 0.05) is 34.6 Å². The fourth-order valence-electron chi connectivity index (χ4n) is 6.91. The summed E-state index contributed by atoms with van der Waals surface area (Å²) in [7, 11) is 0. The van der Waals surface area contributed by atoms with E-state index in [0.29, 0.717) is 17.3 Å². The van der Waals surface area contributed by atoms with Crippen molar-refractivity contribution in [2.75, 3.05) is 11.9 Å². The number of nitrogens with one attached hydrogen (secondary N) is 2. The molecule has 3 aliphatic rings. The zero-order chi connectivity index (χ0) is 24.0. The molecular weight excluding hydrogens is 458 g/mol. The van der Waals surface area contributed by atoms with Crippen molar-refractivity contribution in [2.45, 2.75) is 46.8 Å². The molecule has 0 amide bonds. The number of benzene rings is 4. The molecule has 2 fully saturated rings. The van der Waals surface area contributed by atoms with Gasteiger partial charge in [-0.1, -0.05) is 97.1 Å². The predicted molar refractivity (Wildman–Crippen MR) is 149 cm³/mol. The van der Waals surface area contributed by atoms with Crippen molar-refractivity contribution in [2.24, 2.45) is 0 Å². The van der Waals surface area contributed by atoms with E-state index in [1.807, 2.05) is 11.8 Å². The highest BCUT2D eigenvalue weighted by Crippen LogP contribution is 2.57. The molecule has 3 aliphatic heterocycles. The fourth-order valence-corrected chi connectivity index (χ4v) is 8.19. The van der Waals surface area contributed by atoms with Crippen LogP contribution in [0.15, 0.2) is 120 Å². The van der Waals surface area contributed by atoms with Crippen LogP contribution in [0.4, 0.5) is 5.69 Å². The highest BCUT2D eigenvalue weighted by atomic mass is 32.2. The minimum Gasteiger partial charge on any atom is -0.369 e. The van der Waals surface area contributed by atoms with Crippen LogP contribution in [0.2, 0.25) is 0 Å². The highest BCUT2D eigenvalue weighted by Gasteiger charge is 2.65. The standard InChI is InChI=1S/C32H31N3S/c1-4-12-23(13-5-1)22-35-21-20-32-26-18-10-11-19-27(26)33-31(32)34-28(30(32)35)29(24-14-6-2-7-15-24)36-25-16-8-3-9-17-25/h1-19,28-31,33-34H,20-22H2/t28?,29-,30-,31-,32+/m1/s1. The molecule has 0 saturated carbocycles. The Kier molecular flexibility index (Phi) is 5.61. The van der Waals surface area contributed by atoms with E-state index in [9.17, 15) is 0 Å². The first-order valence-corrected chi connectivity index (χ1v) is 13.9. The third-order valence-corrected chi connectivity index (χ3v) is 9.73. The molecule has 4 heteroatoms. The second-order valence-electron chi connectivity index (χ2n) is 10.3. The van der Waals surface area contributed by atoms with Crippen molar-refractivity contribution >= 4 is 17.4 Å². The molecule has 2 N–H and O–H groups in total. The monoisotopic (exact) mass is 489 g/mol. The van der Waals surface area contributed by atoms with Gasteiger partial charge in [-0.3, -0.25) is 10.2 Å². The molecular formula is C32H31N3S. The van der Waals surface area contributed by atoms with Gasteiger partial charge < -0.3 is 5.32 Å². The molecule has 0 radical (unpaired) electrons. The lowest BCUT2D eigenvalue weighted by molar-refractivity contribution is 0.197. The molecule has 0 aliphatic carbocycles. The summed E-state index contributed by atoms with van der Waals surface area (Å²) < 4.78 is 0. The van der Waals surface area contributed by atoms with Crippen LogP contribution >= 0.6 is 11.8 Å². The summed E-state index contributed by atoms with van der Waals surface area (Å²) in [5, 5.41) is 8.35. The van der Waals surface area contributed by atoms with Crippen molar-refractivity contribution in [3.05, 3.63) is 132 Å². The van der Waals surface area contributed by atoms with E-state index in [1.165, 1.54) is 33.7 Å². The number of nitrogens with zero attached hydrogens (tertiary/aromatic N) is 1. The lowest BCUT2D eigenvalue weighted by Gasteiger charge is -2.37. The first-order valence-electron chi connectivity index (χ1n) is 13.0. The molecule has 7 rings (SSSR count). The average Bonchev–Trinajstić information content (AvgIpc) is 3.56. The summed E-state index contributed by atoms with van der Waals surface area (Å²) in [5.74, 6) is 0. The number of anilines is 1. The minimum absolute atomic E-state index is 0.0698. The first kappa shape index (κ1) is 22.2.